The lowest BCUT2D eigenvalue weighted by Crippen LogP contribution is -2.58. The van der Waals surface area contributed by atoms with E-state index in [9.17, 15) is 14.7 Å². The van der Waals surface area contributed by atoms with E-state index < -0.39 is 6.10 Å². The van der Waals surface area contributed by atoms with E-state index in [1.54, 1.807) is 9.80 Å². The number of β-amino-alcohol motifs (C(OH)–C–C–N with tert-alkyl or cyclic N) is 1. The molecule has 0 radical (unpaired) electrons. The summed E-state index contributed by atoms with van der Waals surface area (Å²) in [7, 11) is 0. The van der Waals surface area contributed by atoms with Crippen molar-refractivity contribution in [1.29, 1.82) is 0 Å². The first-order valence-electron chi connectivity index (χ1n) is 6.43. The third kappa shape index (κ3) is 1.92. The third-order valence-corrected chi connectivity index (χ3v) is 4.07. The summed E-state index contributed by atoms with van der Waals surface area (Å²) in [5.41, 5.74) is 0. The Hall–Kier alpha value is -1.10. The van der Waals surface area contributed by atoms with Gasteiger partial charge in [-0.15, -0.1) is 0 Å². The van der Waals surface area contributed by atoms with E-state index in [1.807, 2.05) is 0 Å². The zero-order valence-corrected chi connectivity index (χ0v) is 9.84. The first-order valence-corrected chi connectivity index (χ1v) is 6.43. The lowest BCUT2D eigenvalue weighted by molar-refractivity contribution is -0.154. The number of carbonyl (C=O) groups is 2. The maximum Gasteiger partial charge on any atom is 0.245 e. The molecule has 5 nitrogen and oxygen atoms in total. The Kier molecular flexibility index (Phi) is 2.58. The number of amides is 2. The topological polar surface area (TPSA) is 60.9 Å². The first-order chi connectivity index (χ1) is 8.16. The minimum Gasteiger partial charge on any atom is -0.391 e. The molecule has 2 amide bonds. The van der Waals surface area contributed by atoms with Crippen molar-refractivity contribution in [1.82, 2.24) is 9.80 Å². The fraction of sp³-hybridized carbons (Fsp3) is 0.833. The highest BCUT2D eigenvalue weighted by Crippen LogP contribution is 2.33. The van der Waals surface area contributed by atoms with E-state index in [1.165, 1.54) is 0 Å². The summed E-state index contributed by atoms with van der Waals surface area (Å²) in [6.45, 7) is 1.20. The molecule has 2 heterocycles. The smallest absolute Gasteiger partial charge is 0.245 e. The van der Waals surface area contributed by atoms with E-state index in [2.05, 4.69) is 0 Å². The van der Waals surface area contributed by atoms with Crippen LogP contribution in [0.1, 0.15) is 25.7 Å². The van der Waals surface area contributed by atoms with Crippen LogP contribution in [0.2, 0.25) is 0 Å². The van der Waals surface area contributed by atoms with E-state index in [0.717, 1.165) is 25.7 Å². The van der Waals surface area contributed by atoms with E-state index in [-0.39, 0.29) is 24.4 Å². The van der Waals surface area contributed by atoms with Crippen molar-refractivity contribution in [2.24, 2.45) is 5.92 Å². The molecule has 1 saturated carbocycles. The molecular formula is C12H18N2O3. The van der Waals surface area contributed by atoms with Crippen LogP contribution in [0.25, 0.3) is 0 Å². The Bertz CT molecular complexity index is 354. The van der Waals surface area contributed by atoms with Gasteiger partial charge in [-0.1, -0.05) is 0 Å². The second-order valence-electron chi connectivity index (χ2n) is 5.37. The molecule has 5 heteroatoms. The van der Waals surface area contributed by atoms with Crippen LogP contribution in [-0.4, -0.2) is 58.5 Å². The number of fused-ring (bicyclic) bond motifs is 1. The van der Waals surface area contributed by atoms with Gasteiger partial charge in [0.15, 0.2) is 0 Å². The SMILES string of the molecule is O=C1C2CCCN2C(=O)CN1CC(O)C1CC1. The molecule has 94 valence electrons. The van der Waals surface area contributed by atoms with E-state index in [4.69, 9.17) is 0 Å². The van der Waals surface area contributed by atoms with Gasteiger partial charge in [-0.2, -0.15) is 0 Å². The lowest BCUT2D eigenvalue weighted by atomic mass is 10.1. The summed E-state index contributed by atoms with van der Waals surface area (Å²) in [6.07, 6.45) is 3.35. The minimum atomic E-state index is -0.445. The molecule has 0 spiro atoms. The van der Waals surface area contributed by atoms with Gasteiger partial charge in [-0.3, -0.25) is 9.59 Å². The van der Waals surface area contributed by atoms with Gasteiger partial charge in [0.1, 0.15) is 6.04 Å². The van der Waals surface area contributed by atoms with Crippen molar-refractivity contribution in [3.63, 3.8) is 0 Å². The molecular weight excluding hydrogens is 220 g/mol. The molecule has 0 aromatic rings. The number of nitrogens with zero attached hydrogens (tertiary/aromatic N) is 2. The third-order valence-electron chi connectivity index (χ3n) is 4.07. The lowest BCUT2D eigenvalue weighted by Gasteiger charge is -2.37. The summed E-state index contributed by atoms with van der Waals surface area (Å²) in [5.74, 6) is 0.413. The largest absolute Gasteiger partial charge is 0.391 e. The highest BCUT2D eigenvalue weighted by molar-refractivity contribution is 5.95. The summed E-state index contributed by atoms with van der Waals surface area (Å²) >= 11 is 0. The van der Waals surface area contributed by atoms with Gasteiger partial charge in [0.2, 0.25) is 11.8 Å². The minimum absolute atomic E-state index is 0.0294. The molecule has 3 aliphatic rings. The molecule has 17 heavy (non-hydrogen) atoms. The van der Waals surface area contributed by atoms with Crippen LogP contribution in [-0.2, 0) is 9.59 Å². The van der Waals surface area contributed by atoms with Gasteiger partial charge >= 0.3 is 0 Å². The van der Waals surface area contributed by atoms with Crippen LogP contribution >= 0.6 is 0 Å². The van der Waals surface area contributed by atoms with Crippen molar-refractivity contribution in [3.8, 4) is 0 Å². The van der Waals surface area contributed by atoms with Gasteiger partial charge in [0.05, 0.1) is 12.6 Å². The number of piperazine rings is 1. The van der Waals surface area contributed by atoms with Gasteiger partial charge in [0.25, 0.3) is 0 Å². The highest BCUT2D eigenvalue weighted by atomic mass is 16.3. The predicted octanol–water partition coefficient (Wildman–Crippen LogP) is -0.409. The monoisotopic (exact) mass is 238 g/mol. The number of carbonyl (C=O) groups excluding carboxylic acids is 2. The molecule has 1 N–H and O–H groups in total. The molecule has 0 aromatic heterocycles. The number of hydrogen-bond acceptors (Lipinski definition) is 3. The van der Waals surface area contributed by atoms with Crippen LogP contribution in [0.3, 0.4) is 0 Å². The molecule has 0 bridgehead atoms. The van der Waals surface area contributed by atoms with Crippen LogP contribution in [0.4, 0.5) is 0 Å². The Balaban J connectivity index is 1.68. The fourth-order valence-corrected chi connectivity index (χ4v) is 2.88. The normalized spacial score (nSPS) is 30.8. The van der Waals surface area contributed by atoms with Crippen molar-refractivity contribution >= 4 is 11.8 Å². The maximum atomic E-state index is 12.2. The molecule has 0 aromatic carbocycles. The number of aliphatic hydroxyl groups is 1. The molecule has 3 fully saturated rings. The second kappa shape index (κ2) is 3.98. The number of aliphatic hydroxyl groups excluding tert-OH is 1. The zero-order chi connectivity index (χ0) is 12.0. The molecule has 2 saturated heterocycles. The van der Waals surface area contributed by atoms with Gasteiger partial charge < -0.3 is 14.9 Å². The molecule has 1 aliphatic carbocycles. The standard InChI is InChI=1S/C12H18N2O3/c15-10(8-3-4-8)6-13-7-11(16)14-5-1-2-9(14)12(13)17/h8-10,15H,1-7H2. The van der Waals surface area contributed by atoms with Gasteiger partial charge in [-0.05, 0) is 31.6 Å². The Morgan fingerprint density at radius 1 is 1.29 bits per heavy atom. The van der Waals surface area contributed by atoms with Crippen LogP contribution in [0.5, 0.6) is 0 Å². The van der Waals surface area contributed by atoms with Crippen LogP contribution < -0.4 is 0 Å². The van der Waals surface area contributed by atoms with Crippen molar-refractivity contribution in [2.75, 3.05) is 19.6 Å². The average Bonchev–Trinajstić information content (AvgIpc) is 3.03. The quantitative estimate of drug-likeness (QED) is 0.727. The number of hydrogen-bond donors (Lipinski definition) is 1. The molecule has 2 atom stereocenters. The summed E-state index contributed by atoms with van der Waals surface area (Å²) < 4.78 is 0. The van der Waals surface area contributed by atoms with Gasteiger partial charge in [-0.25, -0.2) is 0 Å². The predicted molar refractivity (Wildman–Crippen MR) is 60.0 cm³/mol. The first kappa shape index (κ1) is 11.0. The Morgan fingerprint density at radius 2 is 2.06 bits per heavy atom. The van der Waals surface area contributed by atoms with Crippen LogP contribution in [0.15, 0.2) is 0 Å². The molecule has 2 unspecified atom stereocenters. The summed E-state index contributed by atoms with van der Waals surface area (Å²) in [6, 6.07) is -0.248. The number of rotatable bonds is 3. The summed E-state index contributed by atoms with van der Waals surface area (Å²) in [4.78, 5) is 27.3. The van der Waals surface area contributed by atoms with Crippen LogP contribution in [0, 0.1) is 5.92 Å². The Morgan fingerprint density at radius 3 is 2.76 bits per heavy atom. The second-order valence-corrected chi connectivity index (χ2v) is 5.37. The maximum absolute atomic E-state index is 12.2. The van der Waals surface area contributed by atoms with Gasteiger partial charge in [0, 0.05) is 13.1 Å². The Labute approximate surface area is 100 Å². The van der Waals surface area contributed by atoms with E-state index >= 15 is 0 Å². The summed E-state index contributed by atoms with van der Waals surface area (Å²) in [5, 5.41) is 9.87. The highest BCUT2D eigenvalue weighted by Gasteiger charge is 2.43. The van der Waals surface area contributed by atoms with Crippen molar-refractivity contribution in [2.45, 2.75) is 37.8 Å². The van der Waals surface area contributed by atoms with Crippen molar-refractivity contribution in [3.05, 3.63) is 0 Å². The van der Waals surface area contributed by atoms with Crippen molar-refractivity contribution < 1.29 is 14.7 Å². The fourth-order valence-electron chi connectivity index (χ4n) is 2.88. The average molecular weight is 238 g/mol. The zero-order valence-electron chi connectivity index (χ0n) is 9.84. The van der Waals surface area contributed by atoms with E-state index in [0.29, 0.717) is 19.0 Å². The molecule has 2 aliphatic heterocycles. The molecule has 3 rings (SSSR count).